The molecule has 1 aliphatic heterocycles. The van der Waals surface area contributed by atoms with Crippen LogP contribution in [0.4, 0.5) is 0 Å². The minimum Gasteiger partial charge on any atom is -0.200 e. The molecule has 42 heavy (non-hydrogen) atoms. The van der Waals surface area contributed by atoms with E-state index in [2.05, 4.69) is 114 Å². The van der Waals surface area contributed by atoms with Crippen molar-refractivity contribution in [2.45, 2.75) is 84.4 Å². The number of aromatic nitrogens is 1. The summed E-state index contributed by atoms with van der Waals surface area (Å²) in [7, 11) is 2.20. The second-order valence-corrected chi connectivity index (χ2v) is 15.8. The van der Waals surface area contributed by atoms with E-state index in [0.717, 1.165) is 19.3 Å². The maximum Gasteiger partial charge on any atom is 0.222 e. The van der Waals surface area contributed by atoms with Gasteiger partial charge in [-0.05, 0) is 101 Å². The van der Waals surface area contributed by atoms with Gasteiger partial charge in [0.15, 0.2) is 6.20 Å². The molecule has 0 saturated carbocycles. The Morgan fingerprint density at radius 1 is 0.857 bits per heavy atom. The first-order valence-electron chi connectivity index (χ1n) is 15.3. The van der Waals surface area contributed by atoms with Crippen molar-refractivity contribution in [2.24, 2.45) is 23.8 Å². The summed E-state index contributed by atoms with van der Waals surface area (Å²) in [6.07, 6.45) is 5.12. The Balaban J connectivity index is 1.67. The molecule has 0 spiro atoms. The van der Waals surface area contributed by atoms with Gasteiger partial charge in [0.25, 0.3) is 0 Å². The Kier molecular flexibility index (Phi) is 6.94. The SMILES string of the molecule is Cc1c2c(c(CC(C)C)c3ccc(CC(C)(C)C)cc13)Sc1cc3ccc(CC(C)(C)C#N)cc3c3cc[n+](C)c-2c13. The Hall–Kier alpha value is -3.35. The van der Waals surface area contributed by atoms with Crippen LogP contribution in [-0.4, -0.2) is 0 Å². The topological polar surface area (TPSA) is 27.7 Å². The Labute approximate surface area is 255 Å². The summed E-state index contributed by atoms with van der Waals surface area (Å²) in [5.41, 5.74) is 8.09. The number of hydrogen-bond acceptors (Lipinski definition) is 2. The molecule has 3 heteroatoms. The van der Waals surface area contributed by atoms with Gasteiger partial charge >= 0.3 is 0 Å². The van der Waals surface area contributed by atoms with Crippen molar-refractivity contribution in [2.75, 3.05) is 0 Å². The number of fused-ring (bicyclic) bond motifs is 5. The molecule has 0 aliphatic carbocycles. The van der Waals surface area contributed by atoms with Gasteiger partial charge in [0, 0.05) is 21.2 Å². The number of nitriles is 1. The normalized spacial score (nSPS) is 13.3. The molecule has 0 saturated heterocycles. The smallest absolute Gasteiger partial charge is 0.200 e. The summed E-state index contributed by atoms with van der Waals surface area (Å²) in [6.45, 7) is 18.0. The fraction of sp³-hybridized carbons (Fsp3) is 0.385. The first kappa shape index (κ1) is 28.8. The zero-order chi connectivity index (χ0) is 30.1. The zero-order valence-corrected chi connectivity index (χ0v) is 27.5. The van der Waals surface area contributed by atoms with Gasteiger partial charge in [-0.3, -0.25) is 0 Å². The highest BCUT2D eigenvalue weighted by Gasteiger charge is 2.33. The molecule has 2 nitrogen and oxygen atoms in total. The van der Waals surface area contributed by atoms with Crippen molar-refractivity contribution in [1.29, 1.82) is 5.26 Å². The lowest BCUT2D eigenvalue weighted by molar-refractivity contribution is -0.659. The Bertz CT molecular complexity index is 1950. The van der Waals surface area contributed by atoms with Crippen LogP contribution in [0, 0.1) is 35.0 Å². The molecule has 0 fully saturated rings. The van der Waals surface area contributed by atoms with Crippen molar-refractivity contribution in [1.82, 2.24) is 0 Å². The van der Waals surface area contributed by atoms with Crippen LogP contribution in [0.3, 0.4) is 0 Å². The molecule has 2 heterocycles. The van der Waals surface area contributed by atoms with Crippen LogP contribution in [0.25, 0.3) is 43.6 Å². The van der Waals surface area contributed by atoms with Crippen molar-refractivity contribution in [3.63, 3.8) is 0 Å². The average molecular weight is 572 g/mol. The number of aryl methyl sites for hydroxylation is 2. The van der Waals surface area contributed by atoms with Crippen LogP contribution in [0.15, 0.2) is 64.5 Å². The molecular formula is C39H43N2S+. The van der Waals surface area contributed by atoms with E-state index in [4.69, 9.17) is 0 Å². The van der Waals surface area contributed by atoms with E-state index < -0.39 is 5.41 Å². The van der Waals surface area contributed by atoms with Gasteiger partial charge < -0.3 is 0 Å². The third-order valence-corrected chi connectivity index (χ3v) is 9.89. The summed E-state index contributed by atoms with van der Waals surface area (Å²) < 4.78 is 2.34. The quantitative estimate of drug-likeness (QED) is 0.152. The van der Waals surface area contributed by atoms with Gasteiger partial charge in [0.2, 0.25) is 5.69 Å². The summed E-state index contributed by atoms with van der Waals surface area (Å²) in [6, 6.07) is 21.2. The van der Waals surface area contributed by atoms with Crippen LogP contribution >= 0.6 is 11.8 Å². The van der Waals surface area contributed by atoms with Gasteiger partial charge in [-0.15, -0.1) is 0 Å². The predicted octanol–water partition coefficient (Wildman–Crippen LogP) is 10.3. The van der Waals surface area contributed by atoms with Crippen molar-refractivity contribution in [3.05, 3.63) is 77.0 Å². The second-order valence-electron chi connectivity index (χ2n) is 14.8. The maximum absolute atomic E-state index is 9.67. The molecule has 1 aliphatic rings. The molecular weight excluding hydrogens is 529 g/mol. The largest absolute Gasteiger partial charge is 0.222 e. The summed E-state index contributed by atoms with van der Waals surface area (Å²) in [4.78, 5) is 2.77. The highest BCUT2D eigenvalue weighted by Crippen LogP contribution is 2.53. The first-order chi connectivity index (χ1) is 19.8. The maximum atomic E-state index is 9.67. The molecule has 0 radical (unpaired) electrons. The molecule has 5 aromatic rings. The lowest BCUT2D eigenvalue weighted by Crippen LogP contribution is -2.32. The fourth-order valence-electron chi connectivity index (χ4n) is 6.92. The van der Waals surface area contributed by atoms with E-state index in [1.54, 1.807) is 0 Å². The highest BCUT2D eigenvalue weighted by molar-refractivity contribution is 8.00. The number of rotatable bonds is 5. The average Bonchev–Trinajstić information content (AvgIpc) is 2.91. The van der Waals surface area contributed by atoms with E-state index in [-0.39, 0.29) is 5.41 Å². The molecule has 214 valence electrons. The van der Waals surface area contributed by atoms with Crippen molar-refractivity contribution in [3.8, 4) is 17.3 Å². The minimum atomic E-state index is -0.391. The van der Waals surface area contributed by atoms with E-state index in [1.165, 1.54) is 75.6 Å². The molecule has 6 rings (SSSR count). The lowest BCUT2D eigenvalue weighted by atomic mass is 9.84. The van der Waals surface area contributed by atoms with Crippen LogP contribution in [0.2, 0.25) is 0 Å². The molecule has 0 atom stereocenters. The Morgan fingerprint density at radius 2 is 1.55 bits per heavy atom. The van der Waals surface area contributed by atoms with E-state index in [9.17, 15) is 5.26 Å². The first-order valence-corrected chi connectivity index (χ1v) is 16.1. The van der Waals surface area contributed by atoms with Gasteiger partial charge in [-0.25, -0.2) is 4.57 Å². The highest BCUT2D eigenvalue weighted by atomic mass is 32.2. The zero-order valence-electron chi connectivity index (χ0n) is 26.7. The van der Waals surface area contributed by atoms with Crippen molar-refractivity contribution < 1.29 is 4.57 Å². The minimum absolute atomic E-state index is 0.242. The van der Waals surface area contributed by atoms with Gasteiger partial charge in [-0.1, -0.05) is 82.8 Å². The third-order valence-electron chi connectivity index (χ3n) is 8.70. The standard InChI is InChI=1S/C39H43N2S/c1-23(2)16-32-28-13-11-25(20-38(4,5)6)17-30(28)24(3)34-36-35-29(14-15-41(36)9)31-18-26(21-39(7,8)22-40)10-12-27(31)19-33(35)42-37(32)34/h10-15,17-19,23H,16,20-21H2,1-9H3/q+1. The number of nitrogens with zero attached hydrogens (tertiary/aromatic N) is 2. The van der Waals surface area contributed by atoms with Gasteiger partial charge in [-0.2, -0.15) is 5.26 Å². The number of benzene rings is 4. The molecule has 0 bridgehead atoms. The number of hydrogen-bond donors (Lipinski definition) is 0. The van der Waals surface area contributed by atoms with Crippen LogP contribution < -0.4 is 4.57 Å². The monoisotopic (exact) mass is 571 g/mol. The van der Waals surface area contributed by atoms with E-state index in [1.807, 2.05) is 25.6 Å². The summed E-state index contributed by atoms with van der Waals surface area (Å²) in [5.74, 6) is 0.563. The van der Waals surface area contributed by atoms with E-state index in [0.29, 0.717) is 5.92 Å². The molecule has 1 aromatic heterocycles. The Morgan fingerprint density at radius 3 is 2.24 bits per heavy atom. The second kappa shape index (κ2) is 10.1. The van der Waals surface area contributed by atoms with Crippen LogP contribution in [0.1, 0.15) is 70.7 Å². The molecule has 4 aromatic carbocycles. The predicted molar refractivity (Wildman–Crippen MR) is 179 cm³/mol. The lowest BCUT2D eigenvalue weighted by Gasteiger charge is -2.26. The number of pyridine rings is 1. The van der Waals surface area contributed by atoms with Gasteiger partial charge in [0.1, 0.15) is 7.05 Å². The van der Waals surface area contributed by atoms with Crippen LogP contribution in [0.5, 0.6) is 0 Å². The third kappa shape index (κ3) is 4.99. The molecule has 0 unspecified atom stereocenters. The fourth-order valence-corrected chi connectivity index (χ4v) is 8.31. The summed E-state index contributed by atoms with van der Waals surface area (Å²) in [5, 5.41) is 17.7. The van der Waals surface area contributed by atoms with Gasteiger partial charge in [0.05, 0.1) is 22.4 Å². The molecule has 0 N–H and O–H groups in total. The van der Waals surface area contributed by atoms with E-state index >= 15 is 0 Å². The molecule has 0 amide bonds. The van der Waals surface area contributed by atoms with Crippen LogP contribution in [-0.2, 0) is 26.3 Å². The summed E-state index contributed by atoms with van der Waals surface area (Å²) >= 11 is 1.97. The van der Waals surface area contributed by atoms with Crippen molar-refractivity contribution >= 4 is 44.1 Å².